The number of imidazole rings is 1. The third-order valence-electron chi connectivity index (χ3n) is 4.44. The van der Waals surface area contributed by atoms with E-state index in [2.05, 4.69) is 31.5 Å². The number of nitrogens with one attached hydrogen (secondary N) is 1. The van der Waals surface area contributed by atoms with E-state index in [1.807, 2.05) is 19.6 Å². The van der Waals surface area contributed by atoms with Crippen LogP contribution >= 0.6 is 11.8 Å². The van der Waals surface area contributed by atoms with Crippen LogP contribution in [0.15, 0.2) is 12.5 Å². The molecule has 0 amide bonds. The maximum absolute atomic E-state index is 5.50. The van der Waals surface area contributed by atoms with Gasteiger partial charge in [-0.3, -0.25) is 4.90 Å². The molecular weight excluding hydrogens is 272 g/mol. The molecule has 5 nitrogen and oxygen atoms in total. The van der Waals surface area contributed by atoms with Crippen LogP contribution in [-0.4, -0.2) is 64.3 Å². The molecule has 0 radical (unpaired) electrons. The Morgan fingerprint density at radius 1 is 1.45 bits per heavy atom. The SMILES string of the molecule is Cn1cncc1CNC[C@]1(N2CCOCC2)CCSC1. The van der Waals surface area contributed by atoms with Crippen LogP contribution in [0.25, 0.3) is 0 Å². The molecule has 0 unspecified atom stereocenters. The summed E-state index contributed by atoms with van der Waals surface area (Å²) in [6, 6.07) is 0. The van der Waals surface area contributed by atoms with Crippen molar-refractivity contribution >= 4 is 11.8 Å². The van der Waals surface area contributed by atoms with Gasteiger partial charge in [-0.25, -0.2) is 4.98 Å². The number of aryl methyl sites for hydroxylation is 1. The number of nitrogens with zero attached hydrogens (tertiary/aromatic N) is 3. The first-order chi connectivity index (χ1) is 9.80. The molecule has 2 aliphatic rings. The second-order valence-corrected chi connectivity index (χ2v) is 6.83. The standard InChI is InChI=1S/C14H24N4OS/c1-17-12-16-9-13(17)8-15-10-14(2-7-20-11-14)18-3-5-19-6-4-18/h9,12,15H,2-8,10-11H2,1H3/t14-/m1/s1. The molecule has 112 valence electrons. The molecule has 1 N–H and O–H groups in total. The molecule has 6 heteroatoms. The van der Waals surface area contributed by atoms with E-state index >= 15 is 0 Å². The van der Waals surface area contributed by atoms with Crippen molar-refractivity contribution in [1.29, 1.82) is 0 Å². The van der Waals surface area contributed by atoms with E-state index in [-0.39, 0.29) is 0 Å². The fraction of sp³-hybridized carbons (Fsp3) is 0.786. The second-order valence-electron chi connectivity index (χ2n) is 5.73. The van der Waals surface area contributed by atoms with E-state index in [9.17, 15) is 0 Å². The Hall–Kier alpha value is -0.560. The summed E-state index contributed by atoms with van der Waals surface area (Å²) in [4.78, 5) is 6.82. The van der Waals surface area contributed by atoms with Gasteiger partial charge in [-0.15, -0.1) is 0 Å². The van der Waals surface area contributed by atoms with Gasteiger partial charge in [-0.1, -0.05) is 0 Å². The van der Waals surface area contributed by atoms with E-state index in [0.29, 0.717) is 5.54 Å². The largest absolute Gasteiger partial charge is 0.379 e. The maximum atomic E-state index is 5.50. The van der Waals surface area contributed by atoms with E-state index in [0.717, 1.165) is 39.4 Å². The summed E-state index contributed by atoms with van der Waals surface area (Å²) >= 11 is 2.09. The monoisotopic (exact) mass is 296 g/mol. The topological polar surface area (TPSA) is 42.3 Å². The molecule has 1 aromatic rings. The third-order valence-corrected chi connectivity index (χ3v) is 5.68. The molecule has 0 spiro atoms. The Labute approximate surface area is 125 Å². The number of hydrogen-bond donors (Lipinski definition) is 1. The predicted octanol–water partition coefficient (Wildman–Crippen LogP) is 0.718. The van der Waals surface area contributed by atoms with Gasteiger partial charge in [0.05, 0.1) is 25.2 Å². The lowest BCUT2D eigenvalue weighted by molar-refractivity contribution is -0.0134. The van der Waals surface area contributed by atoms with E-state index in [1.165, 1.54) is 23.6 Å². The summed E-state index contributed by atoms with van der Waals surface area (Å²) < 4.78 is 7.58. The van der Waals surface area contributed by atoms with Gasteiger partial charge in [0, 0.05) is 50.7 Å². The number of morpholine rings is 1. The second kappa shape index (κ2) is 6.47. The fourth-order valence-corrected chi connectivity index (χ4v) is 4.59. The van der Waals surface area contributed by atoms with Crippen molar-refractivity contribution < 1.29 is 4.74 Å². The maximum Gasteiger partial charge on any atom is 0.0945 e. The molecule has 2 aliphatic heterocycles. The highest BCUT2D eigenvalue weighted by Crippen LogP contribution is 2.33. The lowest BCUT2D eigenvalue weighted by atomic mass is 9.95. The predicted molar refractivity (Wildman–Crippen MR) is 82.0 cm³/mol. The average molecular weight is 296 g/mol. The molecule has 1 aromatic heterocycles. The van der Waals surface area contributed by atoms with Crippen LogP contribution in [0, 0.1) is 0 Å². The summed E-state index contributed by atoms with van der Waals surface area (Å²) in [5, 5.41) is 3.65. The molecule has 2 fully saturated rings. The Kier molecular flexibility index (Phi) is 4.65. The first kappa shape index (κ1) is 14.4. The Morgan fingerprint density at radius 2 is 2.30 bits per heavy atom. The van der Waals surface area contributed by atoms with Crippen molar-refractivity contribution in [2.75, 3.05) is 44.4 Å². The molecule has 0 saturated carbocycles. The molecule has 20 heavy (non-hydrogen) atoms. The normalized spacial score (nSPS) is 28.1. The van der Waals surface area contributed by atoms with Gasteiger partial charge in [0.15, 0.2) is 0 Å². The zero-order chi connectivity index (χ0) is 13.8. The summed E-state index contributed by atoms with van der Waals surface area (Å²) in [6.07, 6.45) is 5.09. The molecule has 3 rings (SSSR count). The van der Waals surface area contributed by atoms with Gasteiger partial charge >= 0.3 is 0 Å². The van der Waals surface area contributed by atoms with Crippen LogP contribution in [0.3, 0.4) is 0 Å². The number of rotatable bonds is 5. The van der Waals surface area contributed by atoms with E-state index in [4.69, 9.17) is 4.74 Å². The average Bonchev–Trinajstić information content (AvgIpc) is 3.11. The molecule has 0 bridgehead atoms. The van der Waals surface area contributed by atoms with Gasteiger partial charge in [0.1, 0.15) is 0 Å². The van der Waals surface area contributed by atoms with E-state index < -0.39 is 0 Å². The van der Waals surface area contributed by atoms with Crippen molar-refractivity contribution in [1.82, 2.24) is 19.8 Å². The van der Waals surface area contributed by atoms with Crippen molar-refractivity contribution in [2.24, 2.45) is 7.05 Å². The molecular formula is C14H24N4OS. The minimum Gasteiger partial charge on any atom is -0.379 e. The van der Waals surface area contributed by atoms with Gasteiger partial charge < -0.3 is 14.6 Å². The summed E-state index contributed by atoms with van der Waals surface area (Å²) in [5.41, 5.74) is 1.57. The van der Waals surface area contributed by atoms with Crippen LogP contribution in [0.2, 0.25) is 0 Å². The first-order valence-corrected chi connectivity index (χ1v) is 8.52. The van der Waals surface area contributed by atoms with Crippen molar-refractivity contribution in [3.05, 3.63) is 18.2 Å². The van der Waals surface area contributed by atoms with Crippen LogP contribution in [0.5, 0.6) is 0 Å². The van der Waals surface area contributed by atoms with Crippen LogP contribution in [0.4, 0.5) is 0 Å². The lowest BCUT2D eigenvalue weighted by Crippen LogP contribution is -2.58. The van der Waals surface area contributed by atoms with Gasteiger partial charge in [0.2, 0.25) is 0 Å². The Morgan fingerprint density at radius 3 is 2.95 bits per heavy atom. The molecule has 1 atom stereocenters. The van der Waals surface area contributed by atoms with Crippen molar-refractivity contribution in [3.8, 4) is 0 Å². The van der Waals surface area contributed by atoms with E-state index in [1.54, 1.807) is 0 Å². The zero-order valence-electron chi connectivity index (χ0n) is 12.2. The molecule has 3 heterocycles. The van der Waals surface area contributed by atoms with Crippen molar-refractivity contribution in [3.63, 3.8) is 0 Å². The number of aromatic nitrogens is 2. The highest BCUT2D eigenvalue weighted by molar-refractivity contribution is 7.99. The quantitative estimate of drug-likeness (QED) is 0.867. The summed E-state index contributed by atoms with van der Waals surface area (Å²) in [6.45, 7) is 5.88. The van der Waals surface area contributed by atoms with Crippen molar-refractivity contribution in [2.45, 2.75) is 18.5 Å². The summed E-state index contributed by atoms with van der Waals surface area (Å²) in [5.74, 6) is 2.52. The van der Waals surface area contributed by atoms with Crippen LogP contribution < -0.4 is 5.32 Å². The Balaban J connectivity index is 1.58. The lowest BCUT2D eigenvalue weighted by Gasteiger charge is -2.43. The highest BCUT2D eigenvalue weighted by atomic mass is 32.2. The number of ether oxygens (including phenoxy) is 1. The highest BCUT2D eigenvalue weighted by Gasteiger charge is 2.40. The number of thioether (sulfide) groups is 1. The Bertz CT molecular complexity index is 425. The number of hydrogen-bond acceptors (Lipinski definition) is 5. The molecule has 2 saturated heterocycles. The molecule has 0 aromatic carbocycles. The van der Waals surface area contributed by atoms with Crippen LogP contribution in [-0.2, 0) is 18.3 Å². The van der Waals surface area contributed by atoms with Gasteiger partial charge in [-0.05, 0) is 12.2 Å². The van der Waals surface area contributed by atoms with Gasteiger partial charge in [-0.2, -0.15) is 11.8 Å². The molecule has 0 aliphatic carbocycles. The zero-order valence-corrected chi connectivity index (χ0v) is 13.0. The van der Waals surface area contributed by atoms with Gasteiger partial charge in [0.25, 0.3) is 0 Å². The minimum absolute atomic E-state index is 0.326. The smallest absolute Gasteiger partial charge is 0.0945 e. The van der Waals surface area contributed by atoms with Crippen LogP contribution in [0.1, 0.15) is 12.1 Å². The third kappa shape index (κ3) is 3.03. The minimum atomic E-state index is 0.326. The fourth-order valence-electron chi connectivity index (χ4n) is 3.11. The first-order valence-electron chi connectivity index (χ1n) is 7.37. The summed E-state index contributed by atoms with van der Waals surface area (Å²) in [7, 11) is 2.05.